The SMILES string of the molecule is CCNC(c1ccccc1)C1CN(C)CCO1. The molecule has 0 saturated carbocycles. The van der Waals surface area contributed by atoms with Crippen LogP contribution in [0.1, 0.15) is 18.5 Å². The van der Waals surface area contributed by atoms with Crippen LogP contribution in [0.3, 0.4) is 0 Å². The van der Waals surface area contributed by atoms with Crippen molar-refractivity contribution < 1.29 is 4.74 Å². The van der Waals surface area contributed by atoms with Gasteiger partial charge < -0.3 is 15.0 Å². The Labute approximate surface area is 104 Å². The number of hydrogen-bond donors (Lipinski definition) is 1. The number of benzene rings is 1. The van der Waals surface area contributed by atoms with Gasteiger partial charge in [-0.05, 0) is 19.2 Å². The molecule has 0 aromatic heterocycles. The Hall–Kier alpha value is -0.900. The fourth-order valence-electron chi connectivity index (χ4n) is 2.36. The van der Waals surface area contributed by atoms with Crippen molar-refractivity contribution in [1.29, 1.82) is 0 Å². The summed E-state index contributed by atoms with van der Waals surface area (Å²) < 4.78 is 5.91. The molecule has 17 heavy (non-hydrogen) atoms. The smallest absolute Gasteiger partial charge is 0.0896 e. The summed E-state index contributed by atoms with van der Waals surface area (Å²) in [4.78, 5) is 2.33. The number of nitrogens with zero attached hydrogens (tertiary/aromatic N) is 1. The molecule has 1 aromatic carbocycles. The summed E-state index contributed by atoms with van der Waals surface area (Å²) in [5, 5.41) is 3.54. The van der Waals surface area contributed by atoms with Gasteiger partial charge >= 0.3 is 0 Å². The van der Waals surface area contributed by atoms with E-state index in [9.17, 15) is 0 Å². The Morgan fingerprint density at radius 2 is 2.18 bits per heavy atom. The van der Waals surface area contributed by atoms with E-state index in [0.717, 1.165) is 26.2 Å². The van der Waals surface area contributed by atoms with Crippen molar-refractivity contribution >= 4 is 0 Å². The third-order valence-electron chi connectivity index (χ3n) is 3.25. The van der Waals surface area contributed by atoms with Gasteiger partial charge in [0.15, 0.2) is 0 Å². The first-order chi connectivity index (χ1) is 8.31. The summed E-state index contributed by atoms with van der Waals surface area (Å²) in [6.45, 7) is 5.96. The van der Waals surface area contributed by atoms with Gasteiger partial charge in [-0.2, -0.15) is 0 Å². The lowest BCUT2D eigenvalue weighted by Gasteiger charge is -2.35. The van der Waals surface area contributed by atoms with Gasteiger partial charge in [-0.3, -0.25) is 0 Å². The summed E-state index contributed by atoms with van der Waals surface area (Å²) in [7, 11) is 2.16. The van der Waals surface area contributed by atoms with Crippen molar-refractivity contribution in [2.24, 2.45) is 0 Å². The van der Waals surface area contributed by atoms with E-state index in [1.807, 2.05) is 0 Å². The van der Waals surface area contributed by atoms with E-state index in [-0.39, 0.29) is 6.10 Å². The van der Waals surface area contributed by atoms with Gasteiger partial charge in [0.25, 0.3) is 0 Å². The van der Waals surface area contributed by atoms with E-state index < -0.39 is 0 Å². The molecule has 94 valence electrons. The molecule has 0 amide bonds. The first-order valence-electron chi connectivity index (χ1n) is 6.39. The lowest BCUT2D eigenvalue weighted by Crippen LogP contribution is -2.46. The zero-order valence-electron chi connectivity index (χ0n) is 10.7. The van der Waals surface area contributed by atoms with E-state index in [2.05, 4.69) is 54.5 Å². The minimum absolute atomic E-state index is 0.246. The van der Waals surface area contributed by atoms with Gasteiger partial charge in [0.05, 0.1) is 18.8 Å². The summed E-state index contributed by atoms with van der Waals surface area (Å²) in [6, 6.07) is 10.9. The van der Waals surface area contributed by atoms with Crippen LogP contribution in [0.4, 0.5) is 0 Å². The van der Waals surface area contributed by atoms with Crippen molar-refractivity contribution in [3.63, 3.8) is 0 Å². The maximum Gasteiger partial charge on any atom is 0.0896 e. The van der Waals surface area contributed by atoms with E-state index in [1.54, 1.807) is 0 Å². The third kappa shape index (κ3) is 3.28. The topological polar surface area (TPSA) is 24.5 Å². The number of morpholine rings is 1. The van der Waals surface area contributed by atoms with E-state index in [1.165, 1.54) is 5.56 Å². The second-order valence-corrected chi connectivity index (χ2v) is 4.62. The van der Waals surface area contributed by atoms with Crippen molar-refractivity contribution in [2.45, 2.75) is 19.1 Å². The second kappa shape index (κ2) is 6.15. The van der Waals surface area contributed by atoms with E-state index >= 15 is 0 Å². The minimum atomic E-state index is 0.246. The molecule has 1 heterocycles. The Kier molecular flexibility index (Phi) is 4.54. The molecule has 1 saturated heterocycles. The number of hydrogen-bond acceptors (Lipinski definition) is 3. The van der Waals surface area contributed by atoms with Crippen LogP contribution in [0.15, 0.2) is 30.3 Å². The zero-order chi connectivity index (χ0) is 12.1. The van der Waals surface area contributed by atoms with Gasteiger partial charge in [-0.15, -0.1) is 0 Å². The summed E-state index contributed by atoms with van der Waals surface area (Å²) in [5.74, 6) is 0. The predicted octanol–water partition coefficient (Wildman–Crippen LogP) is 1.67. The maximum atomic E-state index is 5.91. The predicted molar refractivity (Wildman–Crippen MR) is 70.1 cm³/mol. The van der Waals surface area contributed by atoms with Gasteiger partial charge in [0.1, 0.15) is 0 Å². The molecule has 3 nitrogen and oxygen atoms in total. The standard InChI is InChI=1S/C14H22N2O/c1-3-15-14(12-7-5-4-6-8-12)13-11-16(2)9-10-17-13/h4-8,13-15H,3,9-11H2,1-2H3. The molecule has 1 N–H and O–H groups in total. The monoisotopic (exact) mass is 234 g/mol. The molecule has 2 rings (SSSR count). The molecule has 2 unspecified atom stereocenters. The maximum absolute atomic E-state index is 5.91. The molecule has 2 atom stereocenters. The molecule has 1 aliphatic heterocycles. The Morgan fingerprint density at radius 1 is 1.41 bits per heavy atom. The molecule has 1 aromatic rings. The fourth-order valence-corrected chi connectivity index (χ4v) is 2.36. The van der Waals surface area contributed by atoms with Gasteiger partial charge in [0, 0.05) is 13.1 Å². The lowest BCUT2D eigenvalue weighted by atomic mass is 10.00. The summed E-state index contributed by atoms with van der Waals surface area (Å²) >= 11 is 0. The van der Waals surface area contributed by atoms with E-state index in [0.29, 0.717) is 6.04 Å². The van der Waals surface area contributed by atoms with Crippen LogP contribution in [-0.4, -0.2) is 44.3 Å². The highest BCUT2D eigenvalue weighted by atomic mass is 16.5. The fraction of sp³-hybridized carbons (Fsp3) is 0.571. The largest absolute Gasteiger partial charge is 0.374 e. The number of rotatable bonds is 4. The van der Waals surface area contributed by atoms with Crippen molar-refractivity contribution in [2.75, 3.05) is 33.3 Å². The first kappa shape index (κ1) is 12.6. The van der Waals surface area contributed by atoms with Crippen LogP contribution in [0.25, 0.3) is 0 Å². The van der Waals surface area contributed by atoms with Crippen LogP contribution in [0, 0.1) is 0 Å². The molecule has 0 bridgehead atoms. The normalized spacial score (nSPS) is 23.5. The summed E-state index contributed by atoms with van der Waals surface area (Å²) in [5.41, 5.74) is 1.31. The molecule has 0 radical (unpaired) electrons. The highest BCUT2D eigenvalue weighted by Gasteiger charge is 2.27. The number of ether oxygens (including phenoxy) is 1. The van der Waals surface area contributed by atoms with Crippen LogP contribution in [0.2, 0.25) is 0 Å². The highest BCUT2D eigenvalue weighted by molar-refractivity contribution is 5.20. The zero-order valence-corrected chi connectivity index (χ0v) is 10.7. The van der Waals surface area contributed by atoms with Gasteiger partial charge in [-0.25, -0.2) is 0 Å². The molecular weight excluding hydrogens is 212 g/mol. The number of nitrogens with one attached hydrogen (secondary N) is 1. The Bertz CT molecular complexity index is 328. The van der Waals surface area contributed by atoms with Crippen LogP contribution in [-0.2, 0) is 4.74 Å². The van der Waals surface area contributed by atoms with Crippen molar-refractivity contribution in [3.8, 4) is 0 Å². The first-order valence-corrected chi connectivity index (χ1v) is 6.39. The number of likely N-dealkylation sites (N-methyl/N-ethyl adjacent to an activating group) is 2. The molecule has 1 aliphatic rings. The van der Waals surface area contributed by atoms with Gasteiger partial charge in [0.2, 0.25) is 0 Å². The Balaban J connectivity index is 2.11. The average molecular weight is 234 g/mol. The average Bonchev–Trinajstić information content (AvgIpc) is 2.37. The molecule has 1 fully saturated rings. The van der Waals surface area contributed by atoms with Crippen molar-refractivity contribution in [1.82, 2.24) is 10.2 Å². The van der Waals surface area contributed by atoms with Crippen LogP contribution in [0.5, 0.6) is 0 Å². The quantitative estimate of drug-likeness (QED) is 0.857. The minimum Gasteiger partial charge on any atom is -0.374 e. The van der Waals surface area contributed by atoms with Crippen LogP contribution < -0.4 is 5.32 Å². The second-order valence-electron chi connectivity index (χ2n) is 4.62. The molecule has 0 spiro atoms. The third-order valence-corrected chi connectivity index (χ3v) is 3.25. The van der Waals surface area contributed by atoms with Crippen molar-refractivity contribution in [3.05, 3.63) is 35.9 Å². The summed E-state index contributed by atoms with van der Waals surface area (Å²) in [6.07, 6.45) is 0.246. The Morgan fingerprint density at radius 3 is 2.82 bits per heavy atom. The van der Waals surface area contributed by atoms with Crippen LogP contribution >= 0.6 is 0 Å². The highest BCUT2D eigenvalue weighted by Crippen LogP contribution is 2.21. The van der Waals surface area contributed by atoms with E-state index in [4.69, 9.17) is 4.74 Å². The lowest BCUT2D eigenvalue weighted by molar-refractivity contribution is -0.0390. The van der Waals surface area contributed by atoms with Gasteiger partial charge in [-0.1, -0.05) is 37.3 Å². The molecule has 3 heteroatoms. The molecular formula is C14H22N2O. The molecule has 0 aliphatic carbocycles.